The summed E-state index contributed by atoms with van der Waals surface area (Å²) in [7, 11) is 0. The van der Waals surface area contributed by atoms with E-state index in [1.54, 1.807) is 0 Å². The summed E-state index contributed by atoms with van der Waals surface area (Å²) in [6, 6.07) is 6.21. The van der Waals surface area contributed by atoms with E-state index in [-0.39, 0.29) is 24.4 Å². The molecule has 116 valence electrons. The Labute approximate surface area is 132 Å². The normalized spacial score (nSPS) is 19.5. The van der Waals surface area contributed by atoms with Crippen molar-refractivity contribution in [2.24, 2.45) is 5.92 Å². The molecular formula is C16H23ClN2O2. The smallest absolute Gasteiger partial charge is 0.251 e. The van der Waals surface area contributed by atoms with E-state index in [0.29, 0.717) is 5.92 Å². The third kappa shape index (κ3) is 3.76. The third-order valence-electron chi connectivity index (χ3n) is 4.43. The molecule has 0 saturated carbocycles. The molecule has 1 fully saturated rings. The zero-order valence-electron chi connectivity index (χ0n) is 12.4. The Bertz CT molecular complexity index is 501. The van der Waals surface area contributed by atoms with Gasteiger partial charge in [-0.2, -0.15) is 0 Å². The first kappa shape index (κ1) is 16.3. The van der Waals surface area contributed by atoms with Crippen molar-refractivity contribution >= 4 is 18.3 Å². The lowest BCUT2D eigenvalue weighted by Gasteiger charge is -2.28. The summed E-state index contributed by atoms with van der Waals surface area (Å²) in [6.45, 7) is 5.51. The lowest BCUT2D eigenvalue weighted by atomic mass is 9.92. The molecule has 1 aromatic carbocycles. The number of hydrogen-bond donors (Lipinski definition) is 2. The summed E-state index contributed by atoms with van der Waals surface area (Å²) in [6.07, 6.45) is 2.07. The van der Waals surface area contributed by atoms with Crippen LogP contribution in [0.25, 0.3) is 0 Å². The standard InChI is InChI=1S/C16H22N2O2.ClH/c1-11(12-4-6-20-7-5-12)18-16(19)13-2-3-14-9-17-10-15(14)8-13;/h2-3,8,11-12,17H,4-7,9-10H2,1H3,(H,18,19);1H. The molecule has 1 atom stereocenters. The van der Waals surface area contributed by atoms with E-state index < -0.39 is 0 Å². The van der Waals surface area contributed by atoms with Crippen LogP contribution in [-0.4, -0.2) is 25.2 Å². The molecule has 1 aromatic rings. The van der Waals surface area contributed by atoms with Gasteiger partial charge < -0.3 is 15.4 Å². The van der Waals surface area contributed by atoms with Crippen molar-refractivity contribution in [3.05, 3.63) is 34.9 Å². The number of nitrogens with one attached hydrogen (secondary N) is 2. The number of ether oxygens (including phenoxy) is 1. The molecule has 2 aliphatic heterocycles. The lowest BCUT2D eigenvalue weighted by molar-refractivity contribution is 0.0538. The number of carbonyl (C=O) groups excluding carboxylic acids is 1. The minimum atomic E-state index is 0. The van der Waals surface area contributed by atoms with Gasteiger partial charge in [0, 0.05) is 37.9 Å². The molecule has 0 bridgehead atoms. The fourth-order valence-corrected chi connectivity index (χ4v) is 3.06. The molecule has 1 unspecified atom stereocenters. The topological polar surface area (TPSA) is 50.4 Å². The number of benzene rings is 1. The molecule has 5 heteroatoms. The molecule has 0 spiro atoms. The maximum absolute atomic E-state index is 12.3. The monoisotopic (exact) mass is 310 g/mol. The molecule has 0 radical (unpaired) electrons. The van der Waals surface area contributed by atoms with Crippen molar-refractivity contribution in [2.45, 2.75) is 38.9 Å². The van der Waals surface area contributed by atoms with Crippen LogP contribution >= 0.6 is 12.4 Å². The van der Waals surface area contributed by atoms with Gasteiger partial charge in [0.2, 0.25) is 0 Å². The average molecular weight is 311 g/mol. The molecule has 2 N–H and O–H groups in total. The Morgan fingerprint density at radius 1 is 1.29 bits per heavy atom. The van der Waals surface area contributed by atoms with Crippen LogP contribution in [0.15, 0.2) is 18.2 Å². The Morgan fingerprint density at radius 2 is 2.00 bits per heavy atom. The molecule has 21 heavy (non-hydrogen) atoms. The number of amides is 1. The van der Waals surface area contributed by atoms with Gasteiger partial charge in [-0.05, 0) is 48.9 Å². The minimum absolute atomic E-state index is 0. The highest BCUT2D eigenvalue weighted by atomic mass is 35.5. The quantitative estimate of drug-likeness (QED) is 0.900. The molecule has 4 nitrogen and oxygen atoms in total. The highest BCUT2D eigenvalue weighted by Gasteiger charge is 2.22. The van der Waals surface area contributed by atoms with Gasteiger partial charge >= 0.3 is 0 Å². The largest absolute Gasteiger partial charge is 0.381 e. The van der Waals surface area contributed by atoms with Gasteiger partial charge in [-0.3, -0.25) is 4.79 Å². The second kappa shape index (κ2) is 7.25. The van der Waals surface area contributed by atoms with Gasteiger partial charge in [0.1, 0.15) is 0 Å². The Hall–Kier alpha value is -1.10. The lowest BCUT2D eigenvalue weighted by Crippen LogP contribution is -2.40. The Kier molecular flexibility index (Phi) is 5.62. The van der Waals surface area contributed by atoms with E-state index >= 15 is 0 Å². The van der Waals surface area contributed by atoms with Gasteiger partial charge in [0.15, 0.2) is 0 Å². The SMILES string of the molecule is CC(NC(=O)c1ccc2c(c1)CNC2)C1CCOCC1.Cl. The first-order valence-electron chi connectivity index (χ1n) is 7.45. The Balaban J connectivity index is 0.00000161. The number of fused-ring (bicyclic) bond motifs is 1. The van der Waals surface area contributed by atoms with E-state index in [0.717, 1.165) is 44.7 Å². The van der Waals surface area contributed by atoms with Crippen LogP contribution in [0.4, 0.5) is 0 Å². The highest BCUT2D eigenvalue weighted by molar-refractivity contribution is 5.94. The van der Waals surface area contributed by atoms with Gasteiger partial charge in [-0.15, -0.1) is 12.4 Å². The molecule has 1 amide bonds. The summed E-state index contributed by atoms with van der Waals surface area (Å²) in [4.78, 5) is 12.3. The maximum atomic E-state index is 12.3. The maximum Gasteiger partial charge on any atom is 0.251 e. The summed E-state index contributed by atoms with van der Waals surface area (Å²) in [5.41, 5.74) is 3.32. The summed E-state index contributed by atoms with van der Waals surface area (Å²) in [5, 5.41) is 6.44. The zero-order chi connectivity index (χ0) is 13.9. The van der Waals surface area contributed by atoms with Crippen LogP contribution in [0.5, 0.6) is 0 Å². The number of hydrogen-bond acceptors (Lipinski definition) is 3. The third-order valence-corrected chi connectivity index (χ3v) is 4.43. The Morgan fingerprint density at radius 3 is 2.76 bits per heavy atom. The van der Waals surface area contributed by atoms with Gasteiger partial charge in [0.05, 0.1) is 0 Å². The number of carbonyl (C=O) groups is 1. The summed E-state index contributed by atoms with van der Waals surface area (Å²) >= 11 is 0. The van der Waals surface area contributed by atoms with Gasteiger partial charge in [0.25, 0.3) is 5.91 Å². The number of halogens is 1. The van der Waals surface area contributed by atoms with Crippen LogP contribution in [-0.2, 0) is 17.8 Å². The minimum Gasteiger partial charge on any atom is -0.381 e. The predicted molar refractivity (Wildman–Crippen MR) is 84.7 cm³/mol. The van der Waals surface area contributed by atoms with E-state index in [9.17, 15) is 4.79 Å². The van der Waals surface area contributed by atoms with Crippen molar-refractivity contribution in [3.63, 3.8) is 0 Å². The fraction of sp³-hybridized carbons (Fsp3) is 0.562. The van der Waals surface area contributed by atoms with Gasteiger partial charge in [-0.1, -0.05) is 6.07 Å². The second-order valence-electron chi connectivity index (χ2n) is 5.80. The van der Waals surface area contributed by atoms with E-state index in [4.69, 9.17) is 4.74 Å². The van der Waals surface area contributed by atoms with Crippen molar-refractivity contribution in [3.8, 4) is 0 Å². The second-order valence-corrected chi connectivity index (χ2v) is 5.80. The average Bonchev–Trinajstić information content (AvgIpc) is 2.95. The van der Waals surface area contributed by atoms with Crippen LogP contribution in [0.3, 0.4) is 0 Å². The van der Waals surface area contributed by atoms with Crippen molar-refractivity contribution in [1.29, 1.82) is 0 Å². The van der Waals surface area contributed by atoms with E-state index in [1.165, 1.54) is 11.1 Å². The van der Waals surface area contributed by atoms with Crippen molar-refractivity contribution < 1.29 is 9.53 Å². The zero-order valence-corrected chi connectivity index (χ0v) is 13.2. The van der Waals surface area contributed by atoms with Crippen LogP contribution < -0.4 is 10.6 Å². The summed E-state index contributed by atoms with van der Waals surface area (Å²) < 4.78 is 5.37. The van der Waals surface area contributed by atoms with Crippen LogP contribution in [0.2, 0.25) is 0 Å². The summed E-state index contributed by atoms with van der Waals surface area (Å²) in [5.74, 6) is 0.572. The van der Waals surface area contributed by atoms with Crippen LogP contribution in [0.1, 0.15) is 41.3 Å². The van der Waals surface area contributed by atoms with Crippen molar-refractivity contribution in [1.82, 2.24) is 10.6 Å². The first-order valence-corrected chi connectivity index (χ1v) is 7.45. The van der Waals surface area contributed by atoms with Crippen molar-refractivity contribution in [2.75, 3.05) is 13.2 Å². The molecule has 2 aliphatic rings. The molecular weight excluding hydrogens is 288 g/mol. The molecule has 2 heterocycles. The highest BCUT2D eigenvalue weighted by Crippen LogP contribution is 2.20. The van der Waals surface area contributed by atoms with Crippen LogP contribution in [0, 0.1) is 5.92 Å². The van der Waals surface area contributed by atoms with E-state index in [1.807, 2.05) is 12.1 Å². The van der Waals surface area contributed by atoms with E-state index in [2.05, 4.69) is 23.6 Å². The number of rotatable bonds is 3. The predicted octanol–water partition coefficient (Wildman–Crippen LogP) is 2.26. The molecule has 0 aromatic heterocycles. The molecule has 3 rings (SSSR count). The molecule has 1 saturated heterocycles. The first-order chi connectivity index (χ1) is 9.74. The molecule has 0 aliphatic carbocycles. The fourth-order valence-electron chi connectivity index (χ4n) is 3.06. The van der Waals surface area contributed by atoms with Gasteiger partial charge in [-0.25, -0.2) is 0 Å².